The summed E-state index contributed by atoms with van der Waals surface area (Å²) in [5.74, 6) is 0.156. The van der Waals surface area contributed by atoms with Gasteiger partial charge in [0.25, 0.3) is 0 Å². The molecule has 3 rings (SSSR count). The van der Waals surface area contributed by atoms with Crippen molar-refractivity contribution >= 4 is 12.4 Å². The largest absolute Gasteiger partial charge is 0.573 e. The van der Waals surface area contributed by atoms with E-state index >= 15 is 0 Å². The molecule has 2 aromatic carbocycles. The van der Waals surface area contributed by atoms with Gasteiger partial charge in [0.05, 0.1) is 0 Å². The monoisotopic (exact) mass is 410 g/mol. The van der Waals surface area contributed by atoms with Crippen LogP contribution in [0.15, 0.2) is 66.9 Å². The van der Waals surface area contributed by atoms with Crippen molar-refractivity contribution in [2.45, 2.75) is 19.5 Å². The Morgan fingerprint density at radius 1 is 0.929 bits per heavy atom. The Labute approximate surface area is 166 Å². The van der Waals surface area contributed by atoms with E-state index in [1.807, 2.05) is 30.3 Å². The number of rotatable bonds is 6. The third kappa shape index (κ3) is 5.87. The zero-order valence-electron chi connectivity index (χ0n) is 14.6. The molecule has 0 fully saturated rings. The molecule has 148 valence electrons. The second-order valence-corrected chi connectivity index (χ2v) is 5.73. The van der Waals surface area contributed by atoms with Crippen LogP contribution in [0.3, 0.4) is 0 Å². The zero-order chi connectivity index (χ0) is 19.3. The van der Waals surface area contributed by atoms with E-state index in [0.717, 1.165) is 11.1 Å². The molecule has 4 nitrogen and oxygen atoms in total. The average molecular weight is 411 g/mol. The first kappa shape index (κ1) is 21.5. The second kappa shape index (κ2) is 9.43. The van der Waals surface area contributed by atoms with Crippen LogP contribution in [0.1, 0.15) is 11.1 Å². The van der Waals surface area contributed by atoms with Gasteiger partial charge in [-0.15, -0.1) is 25.6 Å². The van der Waals surface area contributed by atoms with Crippen molar-refractivity contribution in [2.75, 3.05) is 0 Å². The van der Waals surface area contributed by atoms with Crippen molar-refractivity contribution < 1.29 is 22.6 Å². The van der Waals surface area contributed by atoms with Crippen molar-refractivity contribution in [1.29, 1.82) is 0 Å². The fourth-order valence-electron chi connectivity index (χ4n) is 2.51. The summed E-state index contributed by atoms with van der Waals surface area (Å²) in [5.41, 5.74) is 8.25. The Balaban J connectivity index is 0.00000280. The van der Waals surface area contributed by atoms with Gasteiger partial charge in [-0.1, -0.05) is 36.4 Å². The SMILES string of the molecule is Cl.NCc1cc(-c2ccc(OCc3ccccc3)nc2)ccc1OC(F)(F)F. The molecular weight excluding hydrogens is 393 g/mol. The van der Waals surface area contributed by atoms with Gasteiger partial charge in [0.15, 0.2) is 0 Å². The average Bonchev–Trinajstić information content (AvgIpc) is 2.67. The number of nitrogens with zero attached hydrogens (tertiary/aromatic N) is 1. The zero-order valence-corrected chi connectivity index (χ0v) is 15.5. The van der Waals surface area contributed by atoms with Gasteiger partial charge in [0.2, 0.25) is 5.88 Å². The van der Waals surface area contributed by atoms with E-state index in [9.17, 15) is 13.2 Å². The summed E-state index contributed by atoms with van der Waals surface area (Å²) in [4.78, 5) is 4.24. The Morgan fingerprint density at radius 2 is 1.64 bits per heavy atom. The molecule has 0 saturated heterocycles. The van der Waals surface area contributed by atoms with Gasteiger partial charge in [-0.05, 0) is 29.3 Å². The van der Waals surface area contributed by atoms with E-state index in [0.29, 0.717) is 18.1 Å². The Bertz CT molecular complexity index is 888. The lowest BCUT2D eigenvalue weighted by Gasteiger charge is -2.14. The molecule has 3 aromatic rings. The molecule has 1 aromatic heterocycles. The lowest BCUT2D eigenvalue weighted by atomic mass is 10.0. The molecule has 1 heterocycles. The minimum absolute atomic E-state index is 0. The highest BCUT2D eigenvalue weighted by Crippen LogP contribution is 2.30. The molecule has 0 aliphatic heterocycles. The summed E-state index contributed by atoms with van der Waals surface area (Å²) >= 11 is 0. The topological polar surface area (TPSA) is 57.4 Å². The van der Waals surface area contributed by atoms with E-state index < -0.39 is 6.36 Å². The summed E-state index contributed by atoms with van der Waals surface area (Å²) in [6, 6.07) is 17.5. The van der Waals surface area contributed by atoms with Crippen molar-refractivity contribution in [3.63, 3.8) is 0 Å². The van der Waals surface area contributed by atoms with E-state index in [-0.39, 0.29) is 30.3 Å². The highest BCUT2D eigenvalue weighted by molar-refractivity contribution is 5.85. The first-order valence-corrected chi connectivity index (χ1v) is 8.16. The van der Waals surface area contributed by atoms with Gasteiger partial charge < -0.3 is 15.2 Å². The third-order valence-corrected chi connectivity index (χ3v) is 3.81. The Morgan fingerprint density at radius 3 is 2.25 bits per heavy atom. The molecule has 0 amide bonds. The van der Waals surface area contributed by atoms with E-state index in [2.05, 4.69) is 9.72 Å². The van der Waals surface area contributed by atoms with Crippen LogP contribution in [0.25, 0.3) is 11.1 Å². The molecule has 0 radical (unpaired) electrons. The van der Waals surface area contributed by atoms with Crippen LogP contribution in [0, 0.1) is 0 Å². The van der Waals surface area contributed by atoms with E-state index in [4.69, 9.17) is 10.5 Å². The predicted molar refractivity (Wildman–Crippen MR) is 102 cm³/mol. The van der Waals surface area contributed by atoms with Gasteiger partial charge in [0.1, 0.15) is 12.4 Å². The van der Waals surface area contributed by atoms with Crippen LogP contribution in [-0.2, 0) is 13.2 Å². The summed E-state index contributed by atoms with van der Waals surface area (Å²) in [5, 5.41) is 0. The molecule has 0 aliphatic rings. The highest BCUT2D eigenvalue weighted by atomic mass is 35.5. The molecule has 0 bridgehead atoms. The molecule has 0 aliphatic carbocycles. The van der Waals surface area contributed by atoms with Crippen LogP contribution in [0.4, 0.5) is 13.2 Å². The molecule has 0 atom stereocenters. The number of hydrogen-bond donors (Lipinski definition) is 1. The number of ether oxygens (including phenoxy) is 2. The molecular formula is C20H18ClF3N2O2. The summed E-state index contributed by atoms with van der Waals surface area (Å²) in [6.45, 7) is 0.318. The number of hydrogen-bond acceptors (Lipinski definition) is 4. The number of aromatic nitrogens is 1. The fourth-order valence-corrected chi connectivity index (χ4v) is 2.51. The lowest BCUT2D eigenvalue weighted by Crippen LogP contribution is -2.18. The fraction of sp³-hybridized carbons (Fsp3) is 0.150. The number of benzene rings is 2. The van der Waals surface area contributed by atoms with Crippen LogP contribution in [0.2, 0.25) is 0 Å². The molecule has 28 heavy (non-hydrogen) atoms. The molecule has 0 saturated carbocycles. The first-order chi connectivity index (χ1) is 12.9. The smallest absolute Gasteiger partial charge is 0.473 e. The summed E-state index contributed by atoms with van der Waals surface area (Å²) in [7, 11) is 0. The Hall–Kier alpha value is -2.77. The number of halogens is 4. The maximum Gasteiger partial charge on any atom is 0.573 e. The van der Waals surface area contributed by atoms with E-state index in [1.54, 1.807) is 24.4 Å². The minimum atomic E-state index is -4.76. The summed E-state index contributed by atoms with van der Waals surface area (Å²) in [6.07, 6.45) is -3.16. The van der Waals surface area contributed by atoms with Gasteiger partial charge >= 0.3 is 6.36 Å². The van der Waals surface area contributed by atoms with Crippen LogP contribution >= 0.6 is 12.4 Å². The maximum absolute atomic E-state index is 12.4. The van der Waals surface area contributed by atoms with Crippen molar-refractivity contribution in [3.05, 3.63) is 78.0 Å². The van der Waals surface area contributed by atoms with Crippen LogP contribution < -0.4 is 15.2 Å². The highest BCUT2D eigenvalue weighted by Gasteiger charge is 2.32. The lowest BCUT2D eigenvalue weighted by molar-refractivity contribution is -0.274. The normalized spacial score (nSPS) is 10.9. The molecule has 2 N–H and O–H groups in total. The predicted octanol–water partition coefficient (Wildman–Crippen LogP) is 5.11. The van der Waals surface area contributed by atoms with Crippen molar-refractivity contribution in [3.8, 4) is 22.8 Å². The second-order valence-electron chi connectivity index (χ2n) is 5.73. The number of alkyl halides is 3. The standard InChI is InChI=1S/C20H17F3N2O2.ClH/c21-20(22,23)27-18-8-6-15(10-17(18)11-24)16-7-9-19(25-12-16)26-13-14-4-2-1-3-5-14;/h1-10,12H,11,13,24H2;1H. The molecule has 0 spiro atoms. The van der Waals surface area contributed by atoms with Gasteiger partial charge in [-0.25, -0.2) is 4.98 Å². The van der Waals surface area contributed by atoms with E-state index in [1.165, 1.54) is 12.1 Å². The number of nitrogens with two attached hydrogens (primary N) is 1. The van der Waals surface area contributed by atoms with Crippen LogP contribution in [0.5, 0.6) is 11.6 Å². The van der Waals surface area contributed by atoms with Gasteiger partial charge in [-0.2, -0.15) is 0 Å². The van der Waals surface area contributed by atoms with Gasteiger partial charge in [0, 0.05) is 29.9 Å². The number of pyridine rings is 1. The van der Waals surface area contributed by atoms with Gasteiger partial charge in [-0.3, -0.25) is 0 Å². The maximum atomic E-state index is 12.4. The minimum Gasteiger partial charge on any atom is -0.473 e. The van der Waals surface area contributed by atoms with Crippen LogP contribution in [-0.4, -0.2) is 11.3 Å². The molecule has 8 heteroatoms. The third-order valence-electron chi connectivity index (χ3n) is 3.81. The summed E-state index contributed by atoms with van der Waals surface area (Å²) < 4.78 is 46.9. The Kier molecular flexibility index (Phi) is 7.25. The van der Waals surface area contributed by atoms with Crippen molar-refractivity contribution in [1.82, 2.24) is 4.98 Å². The first-order valence-electron chi connectivity index (χ1n) is 8.16. The quantitative estimate of drug-likeness (QED) is 0.613. The van der Waals surface area contributed by atoms with Crippen molar-refractivity contribution in [2.24, 2.45) is 5.73 Å². The molecule has 0 unspecified atom stereocenters.